The molecular formula is C17H17Cl2NO. The molecule has 0 saturated heterocycles. The summed E-state index contributed by atoms with van der Waals surface area (Å²) in [4.78, 5) is 0. The molecule has 2 nitrogen and oxygen atoms in total. The third-order valence-corrected chi connectivity index (χ3v) is 4.45. The number of hydrogen-bond acceptors (Lipinski definition) is 2. The van der Waals surface area contributed by atoms with E-state index < -0.39 is 0 Å². The van der Waals surface area contributed by atoms with Crippen LogP contribution in [-0.4, -0.2) is 13.2 Å². The van der Waals surface area contributed by atoms with Crippen LogP contribution in [0.5, 0.6) is 5.75 Å². The first-order valence-electron chi connectivity index (χ1n) is 7.01. The summed E-state index contributed by atoms with van der Waals surface area (Å²) in [5, 5.41) is 5.03. The fourth-order valence-corrected chi connectivity index (χ4v) is 3.15. The molecule has 0 heterocycles. The van der Waals surface area contributed by atoms with E-state index in [9.17, 15) is 0 Å². The van der Waals surface area contributed by atoms with Gasteiger partial charge in [-0.3, -0.25) is 0 Å². The van der Waals surface area contributed by atoms with Crippen LogP contribution in [0, 0.1) is 0 Å². The van der Waals surface area contributed by atoms with Gasteiger partial charge in [-0.05, 0) is 54.7 Å². The topological polar surface area (TPSA) is 21.3 Å². The van der Waals surface area contributed by atoms with Crippen LogP contribution in [0.15, 0.2) is 42.5 Å². The van der Waals surface area contributed by atoms with Crippen molar-refractivity contribution in [3.63, 3.8) is 0 Å². The molecule has 1 saturated carbocycles. The monoisotopic (exact) mass is 321 g/mol. The van der Waals surface area contributed by atoms with Crippen LogP contribution in [-0.2, 0) is 0 Å². The lowest BCUT2D eigenvalue weighted by molar-refractivity contribution is 0.370. The minimum Gasteiger partial charge on any atom is -0.495 e. The molecule has 1 aliphatic rings. The average Bonchev–Trinajstić information content (AvgIpc) is 2.42. The molecule has 1 fully saturated rings. The van der Waals surface area contributed by atoms with Crippen molar-refractivity contribution in [2.45, 2.75) is 24.8 Å². The molecule has 2 aromatic rings. The van der Waals surface area contributed by atoms with Crippen molar-refractivity contribution in [2.24, 2.45) is 0 Å². The Morgan fingerprint density at radius 2 is 1.81 bits per heavy atom. The van der Waals surface area contributed by atoms with Crippen LogP contribution in [0.2, 0.25) is 10.0 Å². The van der Waals surface area contributed by atoms with Crippen molar-refractivity contribution in [3.05, 3.63) is 58.1 Å². The molecule has 4 heteroatoms. The third kappa shape index (κ3) is 3.28. The van der Waals surface area contributed by atoms with Gasteiger partial charge in [0.25, 0.3) is 0 Å². The van der Waals surface area contributed by atoms with Crippen LogP contribution in [0.4, 0.5) is 5.69 Å². The Labute approximate surface area is 135 Å². The Hall–Kier alpha value is -1.38. The summed E-state index contributed by atoms with van der Waals surface area (Å²) in [6.07, 6.45) is 2.19. The van der Waals surface area contributed by atoms with Crippen LogP contribution in [0.25, 0.3) is 0 Å². The molecule has 21 heavy (non-hydrogen) atoms. The van der Waals surface area contributed by atoms with E-state index >= 15 is 0 Å². The summed E-state index contributed by atoms with van der Waals surface area (Å²) in [5.41, 5.74) is 2.28. The van der Waals surface area contributed by atoms with Gasteiger partial charge >= 0.3 is 0 Å². The quantitative estimate of drug-likeness (QED) is 0.818. The van der Waals surface area contributed by atoms with Crippen LogP contribution in [0.1, 0.15) is 24.3 Å². The Morgan fingerprint density at radius 1 is 1.05 bits per heavy atom. The first-order valence-corrected chi connectivity index (χ1v) is 7.77. The van der Waals surface area contributed by atoms with Gasteiger partial charge in [0.2, 0.25) is 0 Å². The predicted molar refractivity (Wildman–Crippen MR) is 88.8 cm³/mol. The normalized spacial score (nSPS) is 20.7. The molecule has 2 aromatic carbocycles. The van der Waals surface area contributed by atoms with E-state index in [-0.39, 0.29) is 0 Å². The van der Waals surface area contributed by atoms with Gasteiger partial charge in [-0.15, -0.1) is 0 Å². The first kappa shape index (κ1) is 14.6. The highest BCUT2D eigenvalue weighted by Gasteiger charge is 2.30. The summed E-state index contributed by atoms with van der Waals surface area (Å²) >= 11 is 12.1. The molecule has 1 aliphatic carbocycles. The van der Waals surface area contributed by atoms with Crippen LogP contribution < -0.4 is 10.1 Å². The average molecular weight is 322 g/mol. The van der Waals surface area contributed by atoms with Gasteiger partial charge in [-0.2, -0.15) is 0 Å². The van der Waals surface area contributed by atoms with Gasteiger partial charge in [0.1, 0.15) is 5.75 Å². The van der Waals surface area contributed by atoms with Gasteiger partial charge in [0.05, 0.1) is 12.8 Å². The van der Waals surface area contributed by atoms with Crippen LogP contribution >= 0.6 is 23.2 Å². The highest BCUT2D eigenvalue weighted by atomic mass is 35.5. The zero-order valence-electron chi connectivity index (χ0n) is 11.8. The van der Waals surface area contributed by atoms with E-state index in [0.29, 0.717) is 17.0 Å². The summed E-state index contributed by atoms with van der Waals surface area (Å²) in [6, 6.07) is 14.2. The van der Waals surface area contributed by atoms with Crippen molar-refractivity contribution >= 4 is 28.9 Å². The highest BCUT2D eigenvalue weighted by Crippen LogP contribution is 2.40. The van der Waals surface area contributed by atoms with Gasteiger partial charge in [0, 0.05) is 16.1 Å². The Balaban J connectivity index is 1.64. The molecule has 0 atom stereocenters. The zero-order chi connectivity index (χ0) is 14.8. The number of rotatable bonds is 4. The van der Waals surface area contributed by atoms with E-state index in [1.807, 2.05) is 30.3 Å². The van der Waals surface area contributed by atoms with Gasteiger partial charge < -0.3 is 10.1 Å². The first-order chi connectivity index (χ1) is 10.2. The van der Waals surface area contributed by atoms with Gasteiger partial charge in [0.15, 0.2) is 0 Å². The van der Waals surface area contributed by atoms with E-state index in [1.165, 1.54) is 5.56 Å². The maximum atomic E-state index is 6.05. The molecule has 110 valence electrons. The third-order valence-electron chi connectivity index (χ3n) is 3.98. The SMILES string of the molecule is COc1ccc(Cl)cc1NC1CC(c2cccc(Cl)c2)C1. The maximum absolute atomic E-state index is 6.05. The highest BCUT2D eigenvalue weighted by molar-refractivity contribution is 6.31. The number of nitrogens with one attached hydrogen (secondary N) is 1. The number of halogens is 2. The number of hydrogen-bond donors (Lipinski definition) is 1. The second kappa shape index (κ2) is 6.17. The summed E-state index contributed by atoms with van der Waals surface area (Å²) in [7, 11) is 1.67. The molecule has 3 rings (SSSR count). The molecule has 0 aliphatic heterocycles. The minimum absolute atomic E-state index is 0.446. The second-order valence-corrected chi connectivity index (χ2v) is 6.28. The van der Waals surface area contributed by atoms with Crippen molar-refractivity contribution in [3.8, 4) is 5.75 Å². The van der Waals surface area contributed by atoms with E-state index in [2.05, 4.69) is 17.4 Å². The van der Waals surface area contributed by atoms with E-state index in [1.54, 1.807) is 7.11 Å². The van der Waals surface area contributed by atoms with Crippen molar-refractivity contribution < 1.29 is 4.74 Å². The molecular weight excluding hydrogens is 305 g/mol. The van der Waals surface area contributed by atoms with Crippen molar-refractivity contribution in [1.82, 2.24) is 0 Å². The van der Waals surface area contributed by atoms with Gasteiger partial charge in [-0.25, -0.2) is 0 Å². The lowest BCUT2D eigenvalue weighted by Crippen LogP contribution is -2.34. The standard InChI is InChI=1S/C17H17Cl2NO/c1-21-17-6-5-14(19)10-16(17)20-15-8-12(9-15)11-3-2-4-13(18)7-11/h2-7,10,12,15,20H,8-9H2,1H3. The number of benzene rings is 2. The smallest absolute Gasteiger partial charge is 0.142 e. The molecule has 1 N–H and O–H groups in total. The summed E-state index contributed by atoms with van der Waals surface area (Å²) < 4.78 is 5.36. The lowest BCUT2D eigenvalue weighted by Gasteiger charge is -2.37. The fraction of sp³-hybridized carbons (Fsp3) is 0.294. The molecule has 0 aromatic heterocycles. The maximum Gasteiger partial charge on any atom is 0.142 e. The number of anilines is 1. The fourth-order valence-electron chi connectivity index (χ4n) is 2.78. The van der Waals surface area contributed by atoms with Crippen LogP contribution in [0.3, 0.4) is 0 Å². The summed E-state index contributed by atoms with van der Waals surface area (Å²) in [6.45, 7) is 0. The molecule has 0 radical (unpaired) electrons. The van der Waals surface area contributed by atoms with Gasteiger partial charge in [-0.1, -0.05) is 35.3 Å². The zero-order valence-corrected chi connectivity index (χ0v) is 13.3. The molecule has 0 amide bonds. The lowest BCUT2D eigenvalue weighted by atomic mass is 9.76. The number of ether oxygens (including phenoxy) is 1. The molecule has 0 bridgehead atoms. The Bertz CT molecular complexity index is 638. The van der Waals surface area contributed by atoms with Crippen molar-refractivity contribution in [2.75, 3.05) is 12.4 Å². The largest absolute Gasteiger partial charge is 0.495 e. The Kier molecular flexibility index (Phi) is 4.27. The second-order valence-electron chi connectivity index (χ2n) is 5.41. The summed E-state index contributed by atoms with van der Waals surface area (Å²) in [5.74, 6) is 1.40. The minimum atomic E-state index is 0.446. The molecule has 0 unspecified atom stereocenters. The van der Waals surface area contributed by atoms with E-state index in [4.69, 9.17) is 27.9 Å². The Morgan fingerprint density at radius 3 is 2.52 bits per heavy atom. The van der Waals surface area contributed by atoms with Crippen molar-refractivity contribution in [1.29, 1.82) is 0 Å². The number of methoxy groups -OCH3 is 1. The molecule has 0 spiro atoms. The predicted octanol–water partition coefficient (Wildman–Crippen LogP) is 5.36. The van der Waals surface area contributed by atoms with E-state index in [0.717, 1.165) is 29.3 Å².